The van der Waals surface area contributed by atoms with E-state index in [0.717, 1.165) is 23.1 Å². The summed E-state index contributed by atoms with van der Waals surface area (Å²) in [5.41, 5.74) is 0.750. The highest BCUT2D eigenvalue weighted by atomic mass is 79.9. The second-order valence-electron chi connectivity index (χ2n) is 3.96. The lowest BCUT2D eigenvalue weighted by Gasteiger charge is -2.23. The SMILES string of the molecule is Oc1ccc(Br)cc1C=NN1CCCCC1. The summed E-state index contributed by atoms with van der Waals surface area (Å²) in [5.74, 6) is 0.268. The van der Waals surface area contributed by atoms with E-state index in [1.54, 1.807) is 12.3 Å². The van der Waals surface area contributed by atoms with Gasteiger partial charge in [0.05, 0.1) is 6.21 Å². The summed E-state index contributed by atoms with van der Waals surface area (Å²) in [6.45, 7) is 2.04. The third kappa shape index (κ3) is 2.98. The van der Waals surface area contributed by atoms with Gasteiger partial charge in [-0.25, -0.2) is 0 Å². The Morgan fingerprint density at radius 1 is 1.25 bits per heavy atom. The lowest BCUT2D eigenvalue weighted by Crippen LogP contribution is -2.24. The highest BCUT2D eigenvalue weighted by molar-refractivity contribution is 9.10. The van der Waals surface area contributed by atoms with Crippen LogP contribution in [-0.4, -0.2) is 29.4 Å². The van der Waals surface area contributed by atoms with Gasteiger partial charge < -0.3 is 5.11 Å². The monoisotopic (exact) mass is 282 g/mol. The largest absolute Gasteiger partial charge is 0.507 e. The second kappa shape index (κ2) is 5.34. The van der Waals surface area contributed by atoms with Crippen molar-refractivity contribution in [1.82, 2.24) is 5.01 Å². The Balaban J connectivity index is 2.07. The van der Waals surface area contributed by atoms with Gasteiger partial charge >= 0.3 is 0 Å². The molecule has 0 amide bonds. The van der Waals surface area contributed by atoms with Crippen molar-refractivity contribution in [3.05, 3.63) is 28.2 Å². The maximum atomic E-state index is 9.63. The Morgan fingerprint density at radius 3 is 2.75 bits per heavy atom. The maximum absolute atomic E-state index is 9.63. The number of hydrazone groups is 1. The smallest absolute Gasteiger partial charge is 0.124 e. The molecule has 1 aromatic rings. The summed E-state index contributed by atoms with van der Waals surface area (Å²) < 4.78 is 0.949. The number of rotatable bonds is 2. The van der Waals surface area contributed by atoms with Crippen molar-refractivity contribution in [1.29, 1.82) is 0 Å². The number of phenols is 1. The predicted molar refractivity (Wildman–Crippen MR) is 68.8 cm³/mol. The first kappa shape index (κ1) is 11.5. The van der Waals surface area contributed by atoms with Crippen molar-refractivity contribution >= 4 is 22.1 Å². The van der Waals surface area contributed by atoms with Gasteiger partial charge in [0, 0.05) is 23.1 Å². The van der Waals surface area contributed by atoms with Crippen molar-refractivity contribution in [2.45, 2.75) is 19.3 Å². The number of aromatic hydroxyl groups is 1. The summed E-state index contributed by atoms with van der Waals surface area (Å²) >= 11 is 3.38. The molecule has 86 valence electrons. The second-order valence-corrected chi connectivity index (χ2v) is 4.88. The van der Waals surface area contributed by atoms with Gasteiger partial charge in [0.2, 0.25) is 0 Å². The minimum Gasteiger partial charge on any atom is -0.507 e. The van der Waals surface area contributed by atoms with E-state index in [1.165, 1.54) is 19.3 Å². The number of halogens is 1. The first-order valence-corrected chi connectivity index (χ1v) is 6.32. The standard InChI is InChI=1S/C12H15BrN2O/c13-11-4-5-12(16)10(8-11)9-14-15-6-2-1-3-7-15/h4-5,8-9,16H,1-3,6-7H2. The highest BCUT2D eigenvalue weighted by Crippen LogP contribution is 2.20. The van der Waals surface area contributed by atoms with Crippen molar-refractivity contribution in [3.63, 3.8) is 0 Å². The van der Waals surface area contributed by atoms with Crippen LogP contribution in [0.25, 0.3) is 0 Å². The minimum atomic E-state index is 0.268. The fraction of sp³-hybridized carbons (Fsp3) is 0.417. The number of benzene rings is 1. The number of nitrogens with zero attached hydrogens (tertiary/aromatic N) is 2. The van der Waals surface area contributed by atoms with Gasteiger partial charge in [-0.05, 0) is 37.5 Å². The molecule has 0 radical (unpaired) electrons. The molecule has 3 nitrogen and oxygen atoms in total. The fourth-order valence-electron chi connectivity index (χ4n) is 1.77. The molecule has 4 heteroatoms. The molecule has 2 rings (SSSR count). The van der Waals surface area contributed by atoms with Crippen LogP contribution in [0.1, 0.15) is 24.8 Å². The summed E-state index contributed by atoms with van der Waals surface area (Å²) in [6, 6.07) is 5.35. The van der Waals surface area contributed by atoms with E-state index >= 15 is 0 Å². The summed E-state index contributed by atoms with van der Waals surface area (Å²) in [6.07, 6.45) is 5.45. The van der Waals surface area contributed by atoms with E-state index in [9.17, 15) is 5.11 Å². The Morgan fingerprint density at radius 2 is 2.00 bits per heavy atom. The lowest BCUT2D eigenvalue weighted by atomic mass is 10.2. The first-order valence-electron chi connectivity index (χ1n) is 5.53. The predicted octanol–water partition coefficient (Wildman–Crippen LogP) is 2.97. The third-order valence-electron chi connectivity index (χ3n) is 2.68. The maximum Gasteiger partial charge on any atom is 0.124 e. The summed E-state index contributed by atoms with van der Waals surface area (Å²) in [7, 11) is 0. The minimum absolute atomic E-state index is 0.268. The van der Waals surface area contributed by atoms with Crippen molar-refractivity contribution < 1.29 is 5.11 Å². The zero-order chi connectivity index (χ0) is 11.4. The van der Waals surface area contributed by atoms with Gasteiger partial charge in [0.1, 0.15) is 5.75 Å². The van der Waals surface area contributed by atoms with Crippen molar-refractivity contribution in [2.75, 3.05) is 13.1 Å². The number of hydrogen-bond donors (Lipinski definition) is 1. The number of phenolic OH excluding ortho intramolecular Hbond substituents is 1. The molecule has 1 heterocycles. The van der Waals surface area contributed by atoms with Crippen LogP contribution in [0.4, 0.5) is 0 Å². The van der Waals surface area contributed by atoms with Crippen LogP contribution in [0.3, 0.4) is 0 Å². The van der Waals surface area contributed by atoms with Crippen LogP contribution < -0.4 is 0 Å². The highest BCUT2D eigenvalue weighted by Gasteiger charge is 2.06. The molecule has 0 saturated carbocycles. The molecule has 0 spiro atoms. The van der Waals surface area contributed by atoms with E-state index in [-0.39, 0.29) is 5.75 Å². The van der Waals surface area contributed by atoms with Gasteiger partial charge in [-0.3, -0.25) is 5.01 Å². The molecule has 1 saturated heterocycles. The van der Waals surface area contributed by atoms with E-state index < -0.39 is 0 Å². The molecular weight excluding hydrogens is 268 g/mol. The van der Waals surface area contributed by atoms with Gasteiger partial charge in [-0.1, -0.05) is 15.9 Å². The van der Waals surface area contributed by atoms with Crippen LogP contribution in [0, 0.1) is 0 Å². The molecule has 16 heavy (non-hydrogen) atoms. The van der Waals surface area contributed by atoms with E-state index in [4.69, 9.17) is 0 Å². The topological polar surface area (TPSA) is 35.8 Å². The Hall–Kier alpha value is -1.03. The molecule has 1 N–H and O–H groups in total. The van der Waals surface area contributed by atoms with E-state index in [1.807, 2.05) is 12.1 Å². The van der Waals surface area contributed by atoms with Gasteiger partial charge in [0.25, 0.3) is 0 Å². The zero-order valence-corrected chi connectivity index (χ0v) is 10.7. The Labute approximate surface area is 104 Å². The van der Waals surface area contributed by atoms with E-state index in [0.29, 0.717) is 0 Å². The van der Waals surface area contributed by atoms with Crippen LogP contribution >= 0.6 is 15.9 Å². The molecule has 0 atom stereocenters. The molecule has 1 fully saturated rings. The van der Waals surface area contributed by atoms with Crippen molar-refractivity contribution in [2.24, 2.45) is 5.10 Å². The van der Waals surface area contributed by atoms with Gasteiger partial charge in [-0.2, -0.15) is 5.10 Å². The normalized spacial score (nSPS) is 16.9. The molecule has 1 aromatic carbocycles. The number of piperidine rings is 1. The summed E-state index contributed by atoms with van der Waals surface area (Å²) in [5, 5.41) is 16.1. The molecule has 0 bridgehead atoms. The molecule has 0 unspecified atom stereocenters. The van der Waals surface area contributed by atoms with Crippen molar-refractivity contribution in [3.8, 4) is 5.75 Å². The van der Waals surface area contributed by atoms with Crippen LogP contribution in [-0.2, 0) is 0 Å². The molecule has 0 aliphatic carbocycles. The number of hydrogen-bond acceptors (Lipinski definition) is 3. The Kier molecular flexibility index (Phi) is 3.83. The van der Waals surface area contributed by atoms with Gasteiger partial charge in [0.15, 0.2) is 0 Å². The van der Waals surface area contributed by atoms with E-state index in [2.05, 4.69) is 26.0 Å². The molecule has 0 aromatic heterocycles. The van der Waals surface area contributed by atoms with Crippen LogP contribution in [0.15, 0.2) is 27.8 Å². The average Bonchev–Trinajstić information content (AvgIpc) is 2.32. The first-order chi connectivity index (χ1) is 7.75. The summed E-state index contributed by atoms with van der Waals surface area (Å²) in [4.78, 5) is 0. The van der Waals surface area contributed by atoms with Gasteiger partial charge in [-0.15, -0.1) is 0 Å². The fourth-order valence-corrected chi connectivity index (χ4v) is 2.14. The van der Waals surface area contributed by atoms with Crippen LogP contribution in [0.2, 0.25) is 0 Å². The Bertz CT molecular complexity index is 387. The average molecular weight is 283 g/mol. The third-order valence-corrected chi connectivity index (χ3v) is 3.18. The molecule has 1 aliphatic heterocycles. The van der Waals surface area contributed by atoms with Crippen LogP contribution in [0.5, 0.6) is 5.75 Å². The molecule has 1 aliphatic rings. The lowest BCUT2D eigenvalue weighted by molar-refractivity contribution is 0.240. The zero-order valence-electron chi connectivity index (χ0n) is 9.06. The quantitative estimate of drug-likeness (QED) is 0.847. The molecular formula is C12H15BrN2O.